The van der Waals surface area contributed by atoms with Crippen molar-refractivity contribution in [2.75, 3.05) is 5.32 Å². The molecule has 0 radical (unpaired) electrons. The van der Waals surface area contributed by atoms with Crippen LogP contribution in [-0.4, -0.2) is 26.1 Å². The van der Waals surface area contributed by atoms with E-state index in [-0.39, 0.29) is 5.91 Å². The number of benzene rings is 2. The molecule has 1 unspecified atom stereocenters. The molecule has 0 aliphatic heterocycles. The normalized spacial score (nSPS) is 11.5. The molecule has 4 aromatic rings. The highest BCUT2D eigenvalue weighted by Crippen LogP contribution is 2.20. The Bertz CT molecular complexity index is 1160. The van der Waals surface area contributed by atoms with Gasteiger partial charge in [0.15, 0.2) is 6.04 Å². The van der Waals surface area contributed by atoms with E-state index in [1.807, 2.05) is 24.3 Å². The molecular weight excluding hydrogens is 354 g/mol. The van der Waals surface area contributed by atoms with Gasteiger partial charge in [-0.05, 0) is 36.4 Å². The number of hydrogen-bond donors (Lipinski definition) is 3. The van der Waals surface area contributed by atoms with Crippen molar-refractivity contribution in [2.45, 2.75) is 6.04 Å². The van der Waals surface area contributed by atoms with Crippen molar-refractivity contribution in [3.05, 3.63) is 78.2 Å². The number of carbonyl (C=O) groups is 1. The number of carbonyl (C=O) groups excluding carboxylic acids is 1. The highest BCUT2D eigenvalue weighted by atomic mass is 16.1. The smallest absolute Gasteiger partial charge is 0.252 e. The first kappa shape index (κ1) is 17.2. The van der Waals surface area contributed by atoms with Crippen LogP contribution in [0, 0.1) is 11.3 Å². The molecular formula is C20H15N7O. The van der Waals surface area contributed by atoms with Gasteiger partial charge in [0.1, 0.15) is 0 Å². The van der Waals surface area contributed by atoms with Crippen LogP contribution in [0.1, 0.15) is 22.1 Å². The van der Waals surface area contributed by atoms with Gasteiger partial charge in [-0.25, -0.2) is 9.97 Å². The van der Waals surface area contributed by atoms with Crippen LogP contribution in [0.5, 0.6) is 0 Å². The fourth-order valence-corrected chi connectivity index (χ4v) is 2.72. The molecule has 28 heavy (non-hydrogen) atoms. The Morgan fingerprint density at radius 2 is 2.00 bits per heavy atom. The molecule has 0 saturated carbocycles. The van der Waals surface area contributed by atoms with E-state index in [4.69, 9.17) is 0 Å². The Labute approximate surface area is 160 Å². The first-order valence-electron chi connectivity index (χ1n) is 8.51. The minimum atomic E-state index is -0.896. The number of hydrogen-bond acceptors (Lipinski definition) is 6. The molecule has 4 rings (SSSR count). The van der Waals surface area contributed by atoms with Crippen molar-refractivity contribution in [1.29, 1.82) is 5.26 Å². The average molecular weight is 369 g/mol. The van der Waals surface area contributed by atoms with E-state index < -0.39 is 6.04 Å². The molecule has 0 bridgehead atoms. The monoisotopic (exact) mass is 369 g/mol. The molecule has 0 saturated heterocycles. The molecule has 136 valence electrons. The summed E-state index contributed by atoms with van der Waals surface area (Å²) in [6, 6.07) is 17.2. The van der Waals surface area contributed by atoms with Crippen LogP contribution >= 0.6 is 0 Å². The number of anilines is 2. The van der Waals surface area contributed by atoms with Gasteiger partial charge in [0.05, 0.1) is 23.5 Å². The van der Waals surface area contributed by atoms with E-state index in [0.29, 0.717) is 17.2 Å². The Balaban J connectivity index is 1.53. The summed E-state index contributed by atoms with van der Waals surface area (Å²) in [4.78, 5) is 20.9. The maximum Gasteiger partial charge on any atom is 0.252 e. The molecule has 1 amide bonds. The lowest BCUT2D eigenvalue weighted by atomic mass is 10.1. The van der Waals surface area contributed by atoms with Crippen LogP contribution in [0.15, 0.2) is 67.0 Å². The maximum atomic E-state index is 12.3. The Kier molecular flexibility index (Phi) is 4.63. The van der Waals surface area contributed by atoms with Gasteiger partial charge >= 0.3 is 0 Å². The predicted molar refractivity (Wildman–Crippen MR) is 104 cm³/mol. The third-order valence-electron chi connectivity index (χ3n) is 4.11. The van der Waals surface area contributed by atoms with Crippen LogP contribution in [0.25, 0.3) is 10.9 Å². The summed E-state index contributed by atoms with van der Waals surface area (Å²) >= 11 is 0. The summed E-state index contributed by atoms with van der Waals surface area (Å²) in [5, 5.41) is 23.1. The van der Waals surface area contributed by atoms with E-state index in [0.717, 1.165) is 16.6 Å². The maximum absolute atomic E-state index is 12.3. The fourth-order valence-electron chi connectivity index (χ4n) is 2.72. The number of nitrogens with zero attached hydrogens (tertiary/aromatic N) is 4. The minimum absolute atomic E-state index is 0.328. The van der Waals surface area contributed by atoms with Crippen LogP contribution < -0.4 is 10.6 Å². The van der Waals surface area contributed by atoms with Gasteiger partial charge in [0, 0.05) is 22.8 Å². The average Bonchev–Trinajstić information content (AvgIpc) is 3.20. The van der Waals surface area contributed by atoms with Gasteiger partial charge < -0.3 is 10.6 Å². The first-order chi connectivity index (χ1) is 13.7. The largest absolute Gasteiger partial charge is 0.331 e. The molecule has 1 atom stereocenters. The highest BCUT2D eigenvalue weighted by molar-refractivity contribution is 5.94. The van der Waals surface area contributed by atoms with Gasteiger partial charge in [0.25, 0.3) is 5.91 Å². The molecule has 8 heteroatoms. The van der Waals surface area contributed by atoms with Gasteiger partial charge in [-0.1, -0.05) is 18.2 Å². The number of nitriles is 1. The number of rotatable bonds is 5. The molecule has 0 spiro atoms. The van der Waals surface area contributed by atoms with Crippen LogP contribution in [0.3, 0.4) is 0 Å². The molecule has 0 aliphatic carbocycles. The standard InChI is InChI=1S/C20H15N7O/c21-11-18(25-19(28)13-4-2-1-3-5-13)17-8-9-22-20(26-17)24-15-6-7-16-14(10-15)12-23-27-16/h1-10,12,18H,(H,23,27)(H,25,28)(H,22,24,26). The second-order valence-electron chi connectivity index (χ2n) is 6.00. The predicted octanol–water partition coefficient (Wildman–Crippen LogP) is 3.09. The van der Waals surface area contributed by atoms with Crippen LogP contribution in [0.4, 0.5) is 11.6 Å². The number of amides is 1. The van der Waals surface area contributed by atoms with Gasteiger partial charge in [-0.2, -0.15) is 10.4 Å². The fraction of sp³-hybridized carbons (Fsp3) is 0.0500. The lowest BCUT2D eigenvalue weighted by molar-refractivity contribution is 0.0944. The van der Waals surface area contributed by atoms with Crippen molar-refractivity contribution in [3.8, 4) is 6.07 Å². The van der Waals surface area contributed by atoms with E-state index in [9.17, 15) is 10.1 Å². The molecule has 0 aliphatic rings. The summed E-state index contributed by atoms with van der Waals surface area (Å²) < 4.78 is 0. The van der Waals surface area contributed by atoms with E-state index in [1.54, 1.807) is 42.7 Å². The van der Waals surface area contributed by atoms with Crippen molar-refractivity contribution in [1.82, 2.24) is 25.5 Å². The van der Waals surface area contributed by atoms with E-state index in [2.05, 4.69) is 36.9 Å². The Morgan fingerprint density at radius 3 is 2.82 bits per heavy atom. The van der Waals surface area contributed by atoms with Crippen molar-refractivity contribution in [3.63, 3.8) is 0 Å². The summed E-state index contributed by atoms with van der Waals surface area (Å²) in [6.45, 7) is 0. The van der Waals surface area contributed by atoms with Crippen molar-refractivity contribution < 1.29 is 4.79 Å². The quantitative estimate of drug-likeness (QED) is 0.497. The number of aromatic amines is 1. The van der Waals surface area contributed by atoms with Gasteiger partial charge in [-0.15, -0.1) is 0 Å². The number of nitrogens with one attached hydrogen (secondary N) is 3. The molecule has 8 nitrogen and oxygen atoms in total. The summed E-state index contributed by atoms with van der Waals surface area (Å²) in [6.07, 6.45) is 3.27. The second-order valence-corrected chi connectivity index (χ2v) is 6.00. The first-order valence-corrected chi connectivity index (χ1v) is 8.51. The third kappa shape index (κ3) is 3.64. The second kappa shape index (κ2) is 7.55. The third-order valence-corrected chi connectivity index (χ3v) is 4.11. The summed E-state index contributed by atoms with van der Waals surface area (Å²) in [7, 11) is 0. The van der Waals surface area contributed by atoms with Gasteiger partial charge in [0.2, 0.25) is 5.95 Å². The van der Waals surface area contributed by atoms with Crippen LogP contribution in [-0.2, 0) is 0 Å². The molecule has 2 aromatic heterocycles. The topological polar surface area (TPSA) is 119 Å². The molecule has 2 aromatic carbocycles. The molecule has 0 fully saturated rings. The molecule has 2 heterocycles. The zero-order valence-electron chi connectivity index (χ0n) is 14.6. The van der Waals surface area contributed by atoms with Crippen molar-refractivity contribution in [2.24, 2.45) is 0 Å². The lowest BCUT2D eigenvalue weighted by Crippen LogP contribution is -2.28. The SMILES string of the molecule is N#CC(NC(=O)c1ccccc1)c1ccnc(Nc2ccc3[nH]ncc3c2)n1. The van der Waals surface area contributed by atoms with E-state index in [1.165, 1.54) is 0 Å². The number of fused-ring (bicyclic) bond motifs is 1. The highest BCUT2D eigenvalue weighted by Gasteiger charge is 2.17. The van der Waals surface area contributed by atoms with Crippen LogP contribution in [0.2, 0.25) is 0 Å². The Morgan fingerprint density at radius 1 is 1.14 bits per heavy atom. The zero-order chi connectivity index (χ0) is 19.3. The Hall–Kier alpha value is -4.25. The van der Waals surface area contributed by atoms with Crippen molar-refractivity contribution >= 4 is 28.4 Å². The summed E-state index contributed by atoms with van der Waals surface area (Å²) in [5.74, 6) is -0.0137. The summed E-state index contributed by atoms with van der Waals surface area (Å²) in [5.41, 5.74) is 2.58. The number of H-pyrrole nitrogens is 1. The van der Waals surface area contributed by atoms with E-state index >= 15 is 0 Å². The zero-order valence-corrected chi connectivity index (χ0v) is 14.6. The number of aromatic nitrogens is 4. The minimum Gasteiger partial charge on any atom is -0.331 e. The molecule has 3 N–H and O–H groups in total. The van der Waals surface area contributed by atoms with Gasteiger partial charge in [-0.3, -0.25) is 9.89 Å². The lowest BCUT2D eigenvalue weighted by Gasteiger charge is -2.12.